The summed E-state index contributed by atoms with van der Waals surface area (Å²) in [6.07, 6.45) is 0.207. The van der Waals surface area contributed by atoms with Gasteiger partial charge in [-0.15, -0.1) is 11.3 Å². The summed E-state index contributed by atoms with van der Waals surface area (Å²) in [7, 11) is 1.98. The molecule has 3 nitrogen and oxygen atoms in total. The molecule has 0 bridgehead atoms. The lowest BCUT2D eigenvalue weighted by Gasteiger charge is -2.43. The SMILES string of the molecule is CNCC1OCCN(C(C)C)C1c1cc(Br)c(Br)s1. The van der Waals surface area contributed by atoms with E-state index in [0.717, 1.165) is 28.0 Å². The fraction of sp³-hybridized carbons (Fsp3) is 0.692. The molecule has 1 aliphatic heterocycles. The number of nitrogens with zero attached hydrogens (tertiary/aromatic N) is 1. The Hall–Kier alpha value is 0.540. The molecule has 1 saturated heterocycles. The number of nitrogens with one attached hydrogen (secondary N) is 1. The van der Waals surface area contributed by atoms with Gasteiger partial charge < -0.3 is 10.1 Å². The Morgan fingerprint density at radius 1 is 1.53 bits per heavy atom. The number of hydrogen-bond donors (Lipinski definition) is 1. The highest BCUT2D eigenvalue weighted by molar-refractivity contribution is 9.13. The molecule has 1 N–H and O–H groups in total. The summed E-state index contributed by atoms with van der Waals surface area (Å²) < 4.78 is 8.27. The minimum atomic E-state index is 0.207. The van der Waals surface area contributed by atoms with Gasteiger partial charge in [-0.3, -0.25) is 4.90 Å². The maximum Gasteiger partial charge on any atom is 0.0904 e. The molecule has 19 heavy (non-hydrogen) atoms. The predicted molar refractivity (Wildman–Crippen MR) is 88.0 cm³/mol. The Morgan fingerprint density at radius 2 is 2.26 bits per heavy atom. The van der Waals surface area contributed by atoms with E-state index in [0.29, 0.717) is 12.1 Å². The van der Waals surface area contributed by atoms with Gasteiger partial charge in [-0.2, -0.15) is 0 Å². The van der Waals surface area contributed by atoms with Crippen LogP contribution in [0.3, 0.4) is 0 Å². The van der Waals surface area contributed by atoms with Crippen molar-refractivity contribution in [3.8, 4) is 0 Å². The van der Waals surface area contributed by atoms with Crippen molar-refractivity contribution in [3.63, 3.8) is 0 Å². The van der Waals surface area contributed by atoms with E-state index in [9.17, 15) is 0 Å². The van der Waals surface area contributed by atoms with E-state index in [1.807, 2.05) is 7.05 Å². The molecule has 0 saturated carbocycles. The molecule has 1 aromatic heterocycles. The monoisotopic (exact) mass is 410 g/mol. The first-order valence-corrected chi connectivity index (χ1v) is 8.91. The molecule has 0 aromatic carbocycles. The number of morpholine rings is 1. The molecular weight excluding hydrogens is 392 g/mol. The van der Waals surface area contributed by atoms with Crippen molar-refractivity contribution < 1.29 is 4.74 Å². The van der Waals surface area contributed by atoms with Crippen LogP contribution in [0.2, 0.25) is 0 Å². The van der Waals surface area contributed by atoms with Crippen molar-refractivity contribution in [1.82, 2.24) is 10.2 Å². The quantitative estimate of drug-likeness (QED) is 0.818. The second-order valence-electron chi connectivity index (χ2n) is 5.01. The van der Waals surface area contributed by atoms with Gasteiger partial charge in [-0.25, -0.2) is 0 Å². The number of thiophene rings is 1. The highest BCUT2D eigenvalue weighted by Gasteiger charge is 2.35. The van der Waals surface area contributed by atoms with Crippen LogP contribution in [-0.2, 0) is 4.74 Å². The first-order valence-electron chi connectivity index (χ1n) is 6.51. The van der Waals surface area contributed by atoms with Crippen LogP contribution in [0.4, 0.5) is 0 Å². The highest BCUT2D eigenvalue weighted by Crippen LogP contribution is 2.40. The molecule has 2 rings (SSSR count). The van der Waals surface area contributed by atoms with E-state index < -0.39 is 0 Å². The molecule has 108 valence electrons. The second-order valence-corrected chi connectivity index (χ2v) is 8.27. The third-order valence-electron chi connectivity index (χ3n) is 3.42. The Labute approximate surface area is 136 Å². The third kappa shape index (κ3) is 3.60. The fourth-order valence-electron chi connectivity index (χ4n) is 2.56. The van der Waals surface area contributed by atoms with Crippen molar-refractivity contribution >= 4 is 43.2 Å². The minimum absolute atomic E-state index is 0.207. The van der Waals surface area contributed by atoms with Gasteiger partial charge in [0.05, 0.1) is 22.5 Å². The lowest BCUT2D eigenvalue weighted by molar-refractivity contribution is -0.0803. The van der Waals surface area contributed by atoms with Crippen LogP contribution in [0.25, 0.3) is 0 Å². The van der Waals surface area contributed by atoms with Crippen LogP contribution in [0, 0.1) is 0 Å². The summed E-state index contributed by atoms with van der Waals surface area (Å²) in [6, 6.07) is 3.06. The third-order valence-corrected chi connectivity index (χ3v) is 6.74. The molecule has 0 spiro atoms. The van der Waals surface area contributed by atoms with E-state index in [1.54, 1.807) is 11.3 Å². The van der Waals surface area contributed by atoms with E-state index >= 15 is 0 Å². The van der Waals surface area contributed by atoms with Crippen molar-refractivity contribution in [2.45, 2.75) is 32.0 Å². The van der Waals surface area contributed by atoms with E-state index in [2.05, 4.69) is 62.0 Å². The van der Waals surface area contributed by atoms with Gasteiger partial charge in [0.1, 0.15) is 0 Å². The molecule has 2 heterocycles. The lowest BCUT2D eigenvalue weighted by atomic mass is 10.0. The summed E-state index contributed by atoms with van der Waals surface area (Å²) >= 11 is 8.97. The number of rotatable bonds is 4. The summed E-state index contributed by atoms with van der Waals surface area (Å²) in [5, 5.41) is 3.25. The molecule has 1 aliphatic rings. The van der Waals surface area contributed by atoms with Crippen LogP contribution in [0.5, 0.6) is 0 Å². The van der Waals surface area contributed by atoms with Crippen LogP contribution in [0.15, 0.2) is 14.3 Å². The average molecular weight is 412 g/mol. The van der Waals surface area contributed by atoms with Crippen molar-refractivity contribution in [2.75, 3.05) is 26.7 Å². The molecular formula is C13H20Br2N2OS. The van der Waals surface area contributed by atoms with E-state index in [4.69, 9.17) is 4.74 Å². The first-order chi connectivity index (χ1) is 9.04. The Bertz CT molecular complexity index is 403. The normalized spacial score (nSPS) is 25.2. The van der Waals surface area contributed by atoms with Crippen LogP contribution in [-0.4, -0.2) is 43.8 Å². The molecule has 2 atom stereocenters. The Morgan fingerprint density at radius 3 is 2.79 bits per heavy atom. The molecule has 0 radical (unpaired) electrons. The van der Waals surface area contributed by atoms with Gasteiger partial charge in [0.15, 0.2) is 0 Å². The zero-order chi connectivity index (χ0) is 14.0. The smallest absolute Gasteiger partial charge is 0.0904 e. The topological polar surface area (TPSA) is 24.5 Å². The summed E-state index contributed by atoms with van der Waals surface area (Å²) in [6.45, 7) is 7.20. The predicted octanol–water partition coefficient (Wildman–Crippen LogP) is 3.64. The summed E-state index contributed by atoms with van der Waals surface area (Å²) in [5.74, 6) is 0. The first kappa shape index (κ1) is 15.9. The number of likely N-dealkylation sites (N-methyl/N-ethyl adjacent to an activating group) is 1. The maximum absolute atomic E-state index is 5.99. The number of halogens is 2. The minimum Gasteiger partial charge on any atom is -0.374 e. The largest absolute Gasteiger partial charge is 0.374 e. The summed E-state index contributed by atoms with van der Waals surface area (Å²) in [5.41, 5.74) is 0. The molecule has 0 aliphatic carbocycles. The van der Waals surface area contributed by atoms with Crippen molar-refractivity contribution in [3.05, 3.63) is 19.2 Å². The van der Waals surface area contributed by atoms with Crippen LogP contribution in [0.1, 0.15) is 24.8 Å². The Kier molecular flexibility index (Phi) is 5.87. The zero-order valence-corrected chi connectivity index (χ0v) is 15.4. The Balaban J connectivity index is 2.31. The molecule has 0 amide bonds. The van der Waals surface area contributed by atoms with Crippen molar-refractivity contribution in [1.29, 1.82) is 0 Å². The summed E-state index contributed by atoms with van der Waals surface area (Å²) in [4.78, 5) is 3.89. The standard InChI is InChI=1S/C13H20Br2N2OS/c1-8(2)17-4-5-18-10(7-16-3)12(17)11-6-9(14)13(15)19-11/h6,8,10,12,16H,4-5,7H2,1-3H3. The highest BCUT2D eigenvalue weighted by atomic mass is 79.9. The number of hydrogen-bond acceptors (Lipinski definition) is 4. The van der Waals surface area contributed by atoms with Gasteiger partial charge in [0, 0.05) is 28.5 Å². The van der Waals surface area contributed by atoms with Gasteiger partial charge in [0.25, 0.3) is 0 Å². The van der Waals surface area contributed by atoms with E-state index in [1.165, 1.54) is 4.88 Å². The zero-order valence-electron chi connectivity index (χ0n) is 11.5. The van der Waals surface area contributed by atoms with Crippen molar-refractivity contribution in [2.24, 2.45) is 0 Å². The average Bonchev–Trinajstić information content (AvgIpc) is 2.69. The lowest BCUT2D eigenvalue weighted by Crippen LogP contribution is -2.50. The van der Waals surface area contributed by atoms with Gasteiger partial charge >= 0.3 is 0 Å². The van der Waals surface area contributed by atoms with Gasteiger partial charge in [-0.05, 0) is 58.8 Å². The molecule has 1 fully saturated rings. The van der Waals surface area contributed by atoms with Crippen LogP contribution < -0.4 is 5.32 Å². The number of ether oxygens (including phenoxy) is 1. The molecule has 2 unspecified atom stereocenters. The maximum atomic E-state index is 5.99. The fourth-order valence-corrected chi connectivity index (χ4v) is 4.82. The van der Waals surface area contributed by atoms with Crippen LogP contribution >= 0.6 is 43.2 Å². The molecule has 6 heteroatoms. The van der Waals surface area contributed by atoms with Gasteiger partial charge in [0.2, 0.25) is 0 Å². The van der Waals surface area contributed by atoms with Gasteiger partial charge in [-0.1, -0.05) is 0 Å². The molecule has 1 aromatic rings. The second kappa shape index (κ2) is 7.00. The van der Waals surface area contributed by atoms with E-state index in [-0.39, 0.29) is 6.10 Å².